The molecule has 5 nitrogen and oxygen atoms in total. The molecule has 0 radical (unpaired) electrons. The molecule has 0 aliphatic carbocycles. The van der Waals surface area contributed by atoms with Gasteiger partial charge in [0.05, 0.1) is 29.5 Å². The lowest BCUT2D eigenvalue weighted by Crippen LogP contribution is -2.12. The van der Waals surface area contributed by atoms with Crippen LogP contribution in [0.5, 0.6) is 5.75 Å². The third-order valence-corrected chi connectivity index (χ3v) is 4.33. The average molecular weight is 338 g/mol. The van der Waals surface area contributed by atoms with E-state index in [1.807, 2.05) is 18.5 Å². The molecule has 2 aromatic rings. The van der Waals surface area contributed by atoms with Gasteiger partial charge in [-0.3, -0.25) is 9.48 Å². The molecule has 0 saturated heterocycles. The summed E-state index contributed by atoms with van der Waals surface area (Å²) in [4.78, 5) is 11.3. The Hall–Kier alpha value is -1.82. The van der Waals surface area contributed by atoms with E-state index in [1.165, 1.54) is 0 Å². The van der Waals surface area contributed by atoms with E-state index in [1.54, 1.807) is 25.3 Å². The van der Waals surface area contributed by atoms with E-state index in [9.17, 15) is 4.79 Å². The predicted octanol–water partition coefficient (Wildman–Crippen LogP) is 2.42. The average Bonchev–Trinajstić information content (AvgIpc) is 2.66. The highest BCUT2D eigenvalue weighted by atomic mass is 79.9. The number of primary amides is 1. The summed E-state index contributed by atoms with van der Waals surface area (Å²) in [6.45, 7) is 4.43. The molecule has 1 aromatic heterocycles. The molecule has 0 saturated carbocycles. The van der Waals surface area contributed by atoms with Crippen LogP contribution in [-0.2, 0) is 6.54 Å². The Balaban J connectivity index is 2.43. The molecule has 20 heavy (non-hydrogen) atoms. The number of carbonyl (C=O) groups is 1. The molecule has 0 bridgehead atoms. The molecule has 6 heteroatoms. The van der Waals surface area contributed by atoms with E-state index >= 15 is 0 Å². The first-order chi connectivity index (χ1) is 9.43. The zero-order chi connectivity index (χ0) is 14.9. The van der Waals surface area contributed by atoms with Crippen LogP contribution in [0.2, 0.25) is 0 Å². The minimum atomic E-state index is -0.455. The molecule has 0 aliphatic rings. The molecule has 0 atom stereocenters. The molecule has 1 heterocycles. The Labute approximate surface area is 125 Å². The topological polar surface area (TPSA) is 70.1 Å². The summed E-state index contributed by atoms with van der Waals surface area (Å²) >= 11 is 3.50. The largest absolute Gasteiger partial charge is 0.496 e. The third kappa shape index (κ3) is 2.70. The number of hydrogen-bond acceptors (Lipinski definition) is 3. The lowest BCUT2D eigenvalue weighted by atomic mass is 10.1. The number of ether oxygens (including phenoxy) is 1. The van der Waals surface area contributed by atoms with Gasteiger partial charge in [-0.1, -0.05) is 0 Å². The summed E-state index contributed by atoms with van der Waals surface area (Å²) in [6.07, 6.45) is 0. The maximum absolute atomic E-state index is 11.3. The highest BCUT2D eigenvalue weighted by Gasteiger charge is 2.13. The van der Waals surface area contributed by atoms with Crippen LogP contribution in [0, 0.1) is 13.8 Å². The quantitative estimate of drug-likeness (QED) is 0.931. The number of nitrogens with zero attached hydrogens (tertiary/aromatic N) is 2. The number of carbonyl (C=O) groups excluding carboxylic acids is 1. The smallest absolute Gasteiger partial charge is 0.248 e. The van der Waals surface area contributed by atoms with E-state index in [0.29, 0.717) is 17.9 Å². The van der Waals surface area contributed by atoms with Crippen LogP contribution in [0.1, 0.15) is 27.3 Å². The van der Waals surface area contributed by atoms with E-state index in [-0.39, 0.29) is 0 Å². The van der Waals surface area contributed by atoms with Gasteiger partial charge in [-0.15, -0.1) is 0 Å². The van der Waals surface area contributed by atoms with Crippen molar-refractivity contribution < 1.29 is 9.53 Å². The first-order valence-electron chi connectivity index (χ1n) is 6.10. The second-order valence-corrected chi connectivity index (χ2v) is 5.33. The van der Waals surface area contributed by atoms with Crippen molar-refractivity contribution in [3.05, 3.63) is 45.2 Å². The molecule has 1 aromatic carbocycles. The van der Waals surface area contributed by atoms with Crippen molar-refractivity contribution in [2.24, 2.45) is 5.73 Å². The number of aromatic nitrogens is 2. The second-order valence-electron chi connectivity index (χ2n) is 4.53. The van der Waals surface area contributed by atoms with Gasteiger partial charge in [-0.05, 0) is 48.0 Å². The Morgan fingerprint density at radius 2 is 2.15 bits per heavy atom. The number of halogens is 1. The highest BCUT2D eigenvalue weighted by molar-refractivity contribution is 9.10. The van der Waals surface area contributed by atoms with Gasteiger partial charge in [0.15, 0.2) is 0 Å². The number of rotatable bonds is 4. The van der Waals surface area contributed by atoms with E-state index < -0.39 is 5.91 Å². The van der Waals surface area contributed by atoms with Crippen molar-refractivity contribution in [1.29, 1.82) is 0 Å². The summed E-state index contributed by atoms with van der Waals surface area (Å²) in [5, 5.41) is 4.45. The predicted molar refractivity (Wildman–Crippen MR) is 80.0 cm³/mol. The minimum absolute atomic E-state index is 0.455. The van der Waals surface area contributed by atoms with Crippen LogP contribution in [0.25, 0.3) is 0 Å². The zero-order valence-corrected chi connectivity index (χ0v) is 13.2. The first-order valence-corrected chi connectivity index (χ1v) is 6.89. The fraction of sp³-hybridized carbons (Fsp3) is 0.286. The Morgan fingerprint density at radius 1 is 1.45 bits per heavy atom. The van der Waals surface area contributed by atoms with Crippen molar-refractivity contribution in [2.45, 2.75) is 20.4 Å². The van der Waals surface area contributed by atoms with Crippen LogP contribution < -0.4 is 10.5 Å². The van der Waals surface area contributed by atoms with Gasteiger partial charge in [-0.25, -0.2) is 0 Å². The van der Waals surface area contributed by atoms with Gasteiger partial charge in [-0.2, -0.15) is 5.10 Å². The van der Waals surface area contributed by atoms with Crippen molar-refractivity contribution in [3.8, 4) is 5.75 Å². The van der Waals surface area contributed by atoms with Gasteiger partial charge in [0.1, 0.15) is 5.75 Å². The van der Waals surface area contributed by atoms with E-state index in [0.717, 1.165) is 21.4 Å². The number of aryl methyl sites for hydroxylation is 1. The minimum Gasteiger partial charge on any atom is -0.496 e. The van der Waals surface area contributed by atoms with E-state index in [4.69, 9.17) is 10.5 Å². The van der Waals surface area contributed by atoms with Gasteiger partial charge >= 0.3 is 0 Å². The molecular weight excluding hydrogens is 322 g/mol. The summed E-state index contributed by atoms with van der Waals surface area (Å²) in [6, 6.07) is 5.14. The molecule has 106 valence electrons. The van der Waals surface area contributed by atoms with Crippen molar-refractivity contribution in [3.63, 3.8) is 0 Å². The summed E-state index contributed by atoms with van der Waals surface area (Å²) in [5.74, 6) is 0.252. The maximum Gasteiger partial charge on any atom is 0.248 e. The van der Waals surface area contributed by atoms with E-state index in [2.05, 4.69) is 21.0 Å². The molecule has 0 unspecified atom stereocenters. The Kier molecular flexibility index (Phi) is 4.13. The number of hydrogen-bond donors (Lipinski definition) is 1. The third-order valence-electron chi connectivity index (χ3n) is 3.18. The van der Waals surface area contributed by atoms with Crippen molar-refractivity contribution >= 4 is 21.8 Å². The lowest BCUT2D eigenvalue weighted by molar-refractivity contribution is 0.1000. The molecule has 1 amide bonds. The fourth-order valence-corrected chi connectivity index (χ4v) is 2.33. The van der Waals surface area contributed by atoms with Crippen LogP contribution in [-0.4, -0.2) is 22.8 Å². The van der Waals surface area contributed by atoms with Gasteiger partial charge < -0.3 is 10.5 Å². The molecule has 2 N–H and O–H groups in total. The Bertz CT molecular complexity index is 665. The first kappa shape index (κ1) is 14.6. The number of nitrogens with two attached hydrogens (primary N) is 1. The molecule has 2 rings (SSSR count). The van der Waals surface area contributed by atoms with Gasteiger partial charge in [0.2, 0.25) is 5.91 Å². The molecule has 0 fully saturated rings. The van der Waals surface area contributed by atoms with Crippen LogP contribution in [0.15, 0.2) is 22.7 Å². The summed E-state index contributed by atoms with van der Waals surface area (Å²) in [7, 11) is 1.60. The SMILES string of the molecule is COc1ccc(C(N)=O)cc1Cn1nc(C)c(Br)c1C. The number of amides is 1. The van der Waals surface area contributed by atoms with Crippen LogP contribution in [0.3, 0.4) is 0 Å². The fourth-order valence-electron chi connectivity index (χ4n) is 2.05. The number of benzene rings is 1. The summed E-state index contributed by atoms with van der Waals surface area (Å²) in [5.41, 5.74) is 8.58. The van der Waals surface area contributed by atoms with Crippen molar-refractivity contribution in [1.82, 2.24) is 9.78 Å². The zero-order valence-electron chi connectivity index (χ0n) is 11.6. The highest BCUT2D eigenvalue weighted by Crippen LogP contribution is 2.24. The lowest BCUT2D eigenvalue weighted by Gasteiger charge is -2.11. The monoisotopic (exact) mass is 337 g/mol. The molecular formula is C14H16BrN3O2. The van der Waals surface area contributed by atoms with Gasteiger partial charge in [0.25, 0.3) is 0 Å². The second kappa shape index (κ2) is 5.66. The summed E-state index contributed by atoms with van der Waals surface area (Å²) < 4.78 is 8.18. The van der Waals surface area contributed by atoms with Crippen LogP contribution >= 0.6 is 15.9 Å². The maximum atomic E-state index is 11.3. The molecule has 0 spiro atoms. The van der Waals surface area contributed by atoms with Crippen molar-refractivity contribution in [2.75, 3.05) is 7.11 Å². The molecule has 0 aliphatic heterocycles. The normalized spacial score (nSPS) is 10.6. The van der Waals surface area contributed by atoms with Crippen LogP contribution in [0.4, 0.5) is 0 Å². The number of methoxy groups -OCH3 is 1. The Morgan fingerprint density at radius 3 is 2.65 bits per heavy atom. The standard InChI is InChI=1S/C14H16BrN3O2/c1-8-13(15)9(2)18(17-8)7-11-6-10(14(16)19)4-5-12(11)20-3/h4-6H,7H2,1-3H3,(H2,16,19). The van der Waals surface area contributed by atoms with Gasteiger partial charge in [0, 0.05) is 11.1 Å².